The summed E-state index contributed by atoms with van der Waals surface area (Å²) < 4.78 is 2.47. The minimum Gasteiger partial charge on any atom is -0.341 e. The lowest BCUT2D eigenvalue weighted by Gasteiger charge is -2.32. The summed E-state index contributed by atoms with van der Waals surface area (Å²) in [5, 5.41) is 0. The molecule has 1 aliphatic rings. The van der Waals surface area contributed by atoms with E-state index in [4.69, 9.17) is 0 Å². The Morgan fingerprint density at radius 1 is 0.857 bits per heavy atom. The quantitative estimate of drug-likeness (QED) is 0.433. The first-order valence-corrected chi connectivity index (χ1v) is 11.9. The predicted octanol–water partition coefficient (Wildman–Crippen LogP) is 2.48. The number of pyridine rings is 2. The van der Waals surface area contributed by atoms with Crippen LogP contribution >= 0.6 is 0 Å². The molecule has 4 heterocycles. The molecular formula is C27H27N5O3. The normalized spacial score (nSPS) is 14.3. The van der Waals surface area contributed by atoms with Gasteiger partial charge >= 0.3 is 5.69 Å². The fourth-order valence-corrected chi connectivity index (χ4v) is 4.76. The van der Waals surface area contributed by atoms with Crippen molar-refractivity contribution < 1.29 is 4.79 Å². The third-order valence-electron chi connectivity index (χ3n) is 6.66. The molecule has 1 aliphatic heterocycles. The molecule has 178 valence electrons. The maximum Gasteiger partial charge on any atom is 0.332 e. The van der Waals surface area contributed by atoms with E-state index < -0.39 is 11.2 Å². The molecule has 5 rings (SSSR count). The van der Waals surface area contributed by atoms with Crippen LogP contribution in [0.25, 0.3) is 11.0 Å². The van der Waals surface area contributed by atoms with Gasteiger partial charge in [0.1, 0.15) is 6.54 Å². The summed E-state index contributed by atoms with van der Waals surface area (Å²) in [5.41, 5.74) is 1.41. The minimum atomic E-state index is -0.534. The van der Waals surface area contributed by atoms with Gasteiger partial charge in [-0.15, -0.1) is 0 Å². The van der Waals surface area contributed by atoms with Crippen LogP contribution in [0.1, 0.15) is 24.1 Å². The summed E-state index contributed by atoms with van der Waals surface area (Å²) in [4.78, 5) is 49.9. The molecule has 1 fully saturated rings. The van der Waals surface area contributed by atoms with Crippen molar-refractivity contribution in [1.29, 1.82) is 0 Å². The molecule has 0 unspecified atom stereocenters. The summed E-state index contributed by atoms with van der Waals surface area (Å²) in [6.07, 6.45) is 6.00. The molecule has 0 saturated carbocycles. The van der Waals surface area contributed by atoms with Crippen molar-refractivity contribution in [3.63, 3.8) is 0 Å². The number of rotatable bonds is 6. The molecule has 0 N–H and O–H groups in total. The second kappa shape index (κ2) is 10.0. The lowest BCUT2D eigenvalue weighted by Crippen LogP contribution is -2.45. The number of carbonyl (C=O) groups excluding carboxylic acids is 1. The van der Waals surface area contributed by atoms with Gasteiger partial charge in [0.2, 0.25) is 5.91 Å². The monoisotopic (exact) mass is 469 g/mol. The Bertz CT molecular complexity index is 1440. The highest BCUT2D eigenvalue weighted by molar-refractivity contribution is 5.79. The Morgan fingerprint density at radius 2 is 1.60 bits per heavy atom. The van der Waals surface area contributed by atoms with Crippen LogP contribution in [-0.2, 0) is 24.3 Å². The van der Waals surface area contributed by atoms with E-state index in [1.807, 2.05) is 11.0 Å². The first-order valence-electron chi connectivity index (χ1n) is 11.9. The molecule has 3 aromatic heterocycles. The van der Waals surface area contributed by atoms with Crippen molar-refractivity contribution in [1.82, 2.24) is 24.0 Å². The van der Waals surface area contributed by atoms with Crippen LogP contribution in [0.15, 0.2) is 82.6 Å². The molecule has 1 aromatic carbocycles. The topological polar surface area (TPSA) is 90.1 Å². The van der Waals surface area contributed by atoms with Crippen LogP contribution in [0.5, 0.6) is 0 Å². The Hall–Kier alpha value is -4.07. The number of hydrogen-bond donors (Lipinski definition) is 0. The van der Waals surface area contributed by atoms with Gasteiger partial charge in [-0.25, -0.2) is 9.78 Å². The van der Waals surface area contributed by atoms with Crippen LogP contribution in [0, 0.1) is 5.92 Å². The molecule has 0 spiro atoms. The van der Waals surface area contributed by atoms with Gasteiger partial charge in [-0.3, -0.25) is 23.7 Å². The number of amides is 1. The lowest BCUT2D eigenvalue weighted by atomic mass is 9.90. The predicted molar refractivity (Wildman–Crippen MR) is 133 cm³/mol. The van der Waals surface area contributed by atoms with E-state index in [9.17, 15) is 14.4 Å². The zero-order chi connectivity index (χ0) is 24.2. The second-order valence-electron chi connectivity index (χ2n) is 8.97. The first kappa shape index (κ1) is 22.7. The SMILES string of the molecule is O=C(Cn1c(=O)n(Cc2ccccn2)c(=O)c2ncccc21)N1CCC(Cc2ccccc2)CC1. The Kier molecular flexibility index (Phi) is 6.52. The van der Waals surface area contributed by atoms with Crippen LogP contribution in [0.4, 0.5) is 0 Å². The van der Waals surface area contributed by atoms with E-state index in [0.29, 0.717) is 30.2 Å². The van der Waals surface area contributed by atoms with Gasteiger partial charge in [-0.1, -0.05) is 36.4 Å². The van der Waals surface area contributed by atoms with E-state index in [1.165, 1.54) is 16.3 Å². The number of hydrogen-bond acceptors (Lipinski definition) is 5. The second-order valence-corrected chi connectivity index (χ2v) is 8.97. The highest BCUT2D eigenvalue weighted by Crippen LogP contribution is 2.22. The highest BCUT2D eigenvalue weighted by Gasteiger charge is 2.25. The average Bonchev–Trinajstić information content (AvgIpc) is 2.90. The van der Waals surface area contributed by atoms with Crippen molar-refractivity contribution in [3.8, 4) is 0 Å². The molecule has 4 aromatic rings. The van der Waals surface area contributed by atoms with Gasteiger partial charge in [-0.05, 0) is 55.0 Å². The third-order valence-corrected chi connectivity index (χ3v) is 6.66. The maximum atomic E-state index is 13.4. The molecule has 1 amide bonds. The largest absolute Gasteiger partial charge is 0.341 e. The molecular weight excluding hydrogens is 442 g/mol. The fourth-order valence-electron chi connectivity index (χ4n) is 4.76. The van der Waals surface area contributed by atoms with Crippen molar-refractivity contribution in [2.75, 3.05) is 13.1 Å². The van der Waals surface area contributed by atoms with E-state index in [-0.39, 0.29) is 24.5 Å². The first-order chi connectivity index (χ1) is 17.1. The average molecular weight is 470 g/mol. The number of piperidine rings is 1. The zero-order valence-electron chi connectivity index (χ0n) is 19.4. The van der Waals surface area contributed by atoms with Crippen molar-refractivity contribution in [2.45, 2.75) is 32.4 Å². The van der Waals surface area contributed by atoms with Gasteiger partial charge in [0.25, 0.3) is 5.56 Å². The highest BCUT2D eigenvalue weighted by atomic mass is 16.2. The van der Waals surface area contributed by atoms with Crippen LogP contribution in [0.2, 0.25) is 0 Å². The molecule has 8 nitrogen and oxygen atoms in total. The van der Waals surface area contributed by atoms with Gasteiger partial charge in [0.05, 0.1) is 17.8 Å². The number of nitrogens with zero attached hydrogens (tertiary/aromatic N) is 5. The Morgan fingerprint density at radius 3 is 2.34 bits per heavy atom. The number of aromatic nitrogens is 4. The van der Waals surface area contributed by atoms with Crippen molar-refractivity contribution in [3.05, 3.63) is 105 Å². The standard InChI is InChI=1S/C27H27N5O3/c33-24(30-15-11-21(12-16-30)17-20-7-2-1-3-8-20)19-31-23-10-6-14-29-25(23)26(34)32(27(31)35)18-22-9-4-5-13-28-22/h1-10,13-14,21H,11-12,15-19H2. The number of benzene rings is 1. The van der Waals surface area contributed by atoms with Gasteiger partial charge < -0.3 is 4.90 Å². The van der Waals surface area contributed by atoms with Crippen LogP contribution in [-0.4, -0.2) is 43.0 Å². The lowest BCUT2D eigenvalue weighted by molar-refractivity contribution is -0.133. The third kappa shape index (κ3) is 4.91. The molecule has 0 atom stereocenters. The minimum absolute atomic E-state index is 0.0179. The zero-order valence-corrected chi connectivity index (χ0v) is 19.4. The smallest absolute Gasteiger partial charge is 0.332 e. The van der Waals surface area contributed by atoms with Gasteiger partial charge in [-0.2, -0.15) is 0 Å². The van der Waals surface area contributed by atoms with Gasteiger partial charge in [0, 0.05) is 25.5 Å². The maximum absolute atomic E-state index is 13.4. The summed E-state index contributed by atoms with van der Waals surface area (Å²) >= 11 is 0. The Balaban J connectivity index is 1.36. The van der Waals surface area contributed by atoms with Crippen molar-refractivity contribution in [2.24, 2.45) is 5.92 Å². The summed E-state index contributed by atoms with van der Waals surface area (Å²) in [5.74, 6) is 0.410. The van der Waals surface area contributed by atoms with E-state index in [0.717, 1.165) is 23.8 Å². The van der Waals surface area contributed by atoms with Crippen LogP contribution in [0.3, 0.4) is 0 Å². The summed E-state index contributed by atoms with van der Waals surface area (Å²) in [6, 6.07) is 19.1. The number of likely N-dealkylation sites (tertiary alicyclic amines) is 1. The molecule has 8 heteroatoms. The molecule has 0 radical (unpaired) electrons. The van der Waals surface area contributed by atoms with E-state index in [1.54, 1.807) is 36.5 Å². The fraction of sp³-hybridized carbons (Fsp3) is 0.296. The summed E-state index contributed by atoms with van der Waals surface area (Å²) in [7, 11) is 0. The van der Waals surface area contributed by atoms with Crippen molar-refractivity contribution >= 4 is 16.9 Å². The number of fused-ring (bicyclic) bond motifs is 1. The molecule has 1 saturated heterocycles. The number of carbonyl (C=O) groups is 1. The van der Waals surface area contributed by atoms with E-state index in [2.05, 4.69) is 34.2 Å². The molecule has 35 heavy (non-hydrogen) atoms. The Labute approximate surface area is 202 Å². The van der Waals surface area contributed by atoms with Gasteiger partial charge in [0.15, 0.2) is 5.52 Å². The summed E-state index contributed by atoms with van der Waals surface area (Å²) in [6.45, 7) is 1.21. The molecule has 0 aliphatic carbocycles. The van der Waals surface area contributed by atoms with E-state index >= 15 is 0 Å². The van der Waals surface area contributed by atoms with Crippen LogP contribution < -0.4 is 11.2 Å². The molecule has 0 bridgehead atoms.